The van der Waals surface area contributed by atoms with E-state index in [0.29, 0.717) is 13.1 Å². The van der Waals surface area contributed by atoms with Gasteiger partial charge in [0.25, 0.3) is 0 Å². The van der Waals surface area contributed by atoms with E-state index in [1.54, 1.807) is 19.0 Å². The van der Waals surface area contributed by atoms with Crippen LogP contribution in [0.5, 0.6) is 0 Å². The van der Waals surface area contributed by atoms with Crippen molar-refractivity contribution in [3.8, 4) is 0 Å². The molecule has 0 bridgehead atoms. The normalized spacial score (nSPS) is 21.6. The first kappa shape index (κ1) is 17.8. The van der Waals surface area contributed by atoms with Crippen LogP contribution in [0, 0.1) is 5.92 Å². The summed E-state index contributed by atoms with van der Waals surface area (Å²) in [6.07, 6.45) is 4.37. The first-order chi connectivity index (χ1) is 12.0. The Morgan fingerprint density at radius 3 is 2.48 bits per heavy atom. The second-order valence-electron chi connectivity index (χ2n) is 7.29. The number of carbonyl (C=O) groups excluding carboxylic acids is 2. The maximum absolute atomic E-state index is 13.0. The van der Waals surface area contributed by atoms with E-state index < -0.39 is 0 Å². The molecule has 3 amide bonds. The van der Waals surface area contributed by atoms with Gasteiger partial charge in [-0.1, -0.05) is 6.92 Å². The van der Waals surface area contributed by atoms with E-state index in [1.165, 1.54) is 0 Å². The summed E-state index contributed by atoms with van der Waals surface area (Å²) in [5, 5.41) is 0. The van der Waals surface area contributed by atoms with Gasteiger partial charge >= 0.3 is 6.03 Å². The second kappa shape index (κ2) is 7.50. The number of hydrogen-bond donors (Lipinski definition) is 0. The van der Waals surface area contributed by atoms with Crippen molar-refractivity contribution in [2.24, 2.45) is 5.92 Å². The van der Waals surface area contributed by atoms with Crippen LogP contribution in [0.4, 0.5) is 4.79 Å². The van der Waals surface area contributed by atoms with Crippen molar-refractivity contribution in [3.63, 3.8) is 0 Å². The number of likely N-dealkylation sites (tertiary alicyclic amines) is 2. The molecule has 0 spiro atoms. The van der Waals surface area contributed by atoms with Gasteiger partial charge in [-0.3, -0.25) is 4.79 Å². The molecule has 1 aromatic rings. The van der Waals surface area contributed by atoms with Crippen LogP contribution in [-0.2, 0) is 11.2 Å². The van der Waals surface area contributed by atoms with Gasteiger partial charge in [-0.15, -0.1) is 0 Å². The lowest BCUT2D eigenvalue weighted by molar-refractivity contribution is -0.138. The smallest absolute Gasteiger partial charge is 0.319 e. The molecule has 2 aliphatic rings. The van der Waals surface area contributed by atoms with Crippen LogP contribution in [0.2, 0.25) is 0 Å². The average Bonchev–Trinajstić information content (AvgIpc) is 3.29. The highest BCUT2D eigenvalue weighted by atomic mass is 16.3. The van der Waals surface area contributed by atoms with Gasteiger partial charge in [0, 0.05) is 46.1 Å². The van der Waals surface area contributed by atoms with Crippen LogP contribution in [-0.4, -0.2) is 60.4 Å². The molecular weight excluding hydrogens is 318 g/mol. The Kier molecular flexibility index (Phi) is 5.35. The minimum absolute atomic E-state index is 0.0208. The lowest BCUT2D eigenvalue weighted by Gasteiger charge is -2.35. The maximum Gasteiger partial charge on any atom is 0.319 e. The number of carbonyl (C=O) groups is 2. The Balaban J connectivity index is 1.62. The second-order valence-corrected chi connectivity index (χ2v) is 7.29. The summed E-state index contributed by atoms with van der Waals surface area (Å²) in [5.74, 6) is 2.15. The Morgan fingerprint density at radius 2 is 1.88 bits per heavy atom. The Labute approximate surface area is 149 Å². The first-order valence-electron chi connectivity index (χ1n) is 9.36. The maximum atomic E-state index is 13.0. The molecule has 1 atom stereocenters. The number of urea groups is 1. The number of rotatable bonds is 3. The highest BCUT2D eigenvalue weighted by molar-refractivity contribution is 5.80. The van der Waals surface area contributed by atoms with Crippen molar-refractivity contribution in [2.45, 2.75) is 45.1 Å². The molecule has 0 unspecified atom stereocenters. The van der Waals surface area contributed by atoms with Gasteiger partial charge in [-0.2, -0.15) is 0 Å². The van der Waals surface area contributed by atoms with E-state index in [-0.39, 0.29) is 23.9 Å². The SMILES string of the molecule is CCc1ccc([C@H]2CCCN2C(=O)C2CCN(C(=O)N(C)C)CC2)o1. The number of piperidine rings is 1. The minimum atomic E-state index is 0.0208. The summed E-state index contributed by atoms with van der Waals surface area (Å²) in [6.45, 7) is 4.20. The number of amides is 3. The van der Waals surface area contributed by atoms with Crippen LogP contribution >= 0.6 is 0 Å². The minimum Gasteiger partial charge on any atom is -0.464 e. The van der Waals surface area contributed by atoms with Crippen molar-refractivity contribution in [2.75, 3.05) is 33.7 Å². The lowest BCUT2D eigenvalue weighted by Crippen LogP contribution is -2.47. The summed E-state index contributed by atoms with van der Waals surface area (Å²) in [4.78, 5) is 30.5. The molecule has 2 aliphatic heterocycles. The van der Waals surface area contributed by atoms with Gasteiger partial charge in [-0.25, -0.2) is 4.79 Å². The molecule has 2 saturated heterocycles. The summed E-state index contributed by atoms with van der Waals surface area (Å²) < 4.78 is 5.91. The van der Waals surface area contributed by atoms with Crippen LogP contribution < -0.4 is 0 Å². The molecule has 0 saturated carbocycles. The largest absolute Gasteiger partial charge is 0.464 e. The van der Waals surface area contributed by atoms with E-state index >= 15 is 0 Å². The standard InChI is InChI=1S/C19H29N3O3/c1-4-15-7-8-17(25-15)16-6-5-11-22(16)18(23)14-9-12-21(13-10-14)19(24)20(2)3/h7-8,14,16H,4-6,9-13H2,1-3H3/t16-/m1/s1. The van der Waals surface area contributed by atoms with E-state index in [4.69, 9.17) is 4.42 Å². The van der Waals surface area contributed by atoms with Gasteiger partial charge in [0.1, 0.15) is 11.5 Å². The predicted octanol–water partition coefficient (Wildman–Crippen LogP) is 2.90. The van der Waals surface area contributed by atoms with Gasteiger partial charge < -0.3 is 19.1 Å². The molecule has 3 heterocycles. The fourth-order valence-corrected chi connectivity index (χ4v) is 3.92. The molecule has 3 rings (SSSR count). The highest BCUT2D eigenvalue weighted by Gasteiger charge is 2.37. The third-order valence-electron chi connectivity index (χ3n) is 5.39. The molecule has 6 heteroatoms. The van der Waals surface area contributed by atoms with Crippen molar-refractivity contribution < 1.29 is 14.0 Å². The van der Waals surface area contributed by atoms with E-state index in [0.717, 1.165) is 50.2 Å². The van der Waals surface area contributed by atoms with Crippen molar-refractivity contribution in [1.29, 1.82) is 0 Å². The number of nitrogens with zero attached hydrogens (tertiary/aromatic N) is 3. The summed E-state index contributed by atoms with van der Waals surface area (Å²) >= 11 is 0. The lowest BCUT2D eigenvalue weighted by atomic mass is 9.95. The molecule has 138 valence electrons. The zero-order valence-corrected chi connectivity index (χ0v) is 15.5. The Bertz CT molecular complexity index is 617. The molecule has 1 aromatic heterocycles. The van der Waals surface area contributed by atoms with Gasteiger partial charge in [0.05, 0.1) is 6.04 Å². The fraction of sp³-hybridized carbons (Fsp3) is 0.684. The van der Waals surface area contributed by atoms with Crippen molar-refractivity contribution in [1.82, 2.24) is 14.7 Å². The third kappa shape index (κ3) is 3.67. The molecule has 0 radical (unpaired) electrons. The highest BCUT2D eigenvalue weighted by Crippen LogP contribution is 2.35. The molecule has 6 nitrogen and oxygen atoms in total. The monoisotopic (exact) mass is 347 g/mol. The Morgan fingerprint density at radius 1 is 1.16 bits per heavy atom. The zero-order chi connectivity index (χ0) is 18.0. The van der Waals surface area contributed by atoms with Crippen LogP contribution in [0.3, 0.4) is 0 Å². The number of aryl methyl sites for hydroxylation is 1. The van der Waals surface area contributed by atoms with E-state index in [9.17, 15) is 9.59 Å². The number of hydrogen-bond acceptors (Lipinski definition) is 3. The quantitative estimate of drug-likeness (QED) is 0.845. The molecule has 25 heavy (non-hydrogen) atoms. The summed E-state index contributed by atoms with van der Waals surface area (Å²) in [6, 6.07) is 4.15. The molecule has 0 aromatic carbocycles. The topological polar surface area (TPSA) is 57.0 Å². The average molecular weight is 347 g/mol. The van der Waals surface area contributed by atoms with Crippen molar-refractivity contribution in [3.05, 3.63) is 23.7 Å². The van der Waals surface area contributed by atoms with Crippen LogP contribution in [0.1, 0.15) is 50.2 Å². The Hall–Kier alpha value is -1.98. The third-order valence-corrected chi connectivity index (χ3v) is 5.39. The molecular formula is C19H29N3O3. The first-order valence-corrected chi connectivity index (χ1v) is 9.36. The predicted molar refractivity (Wildman–Crippen MR) is 95.2 cm³/mol. The number of furan rings is 1. The molecule has 2 fully saturated rings. The fourth-order valence-electron chi connectivity index (χ4n) is 3.92. The van der Waals surface area contributed by atoms with Gasteiger partial charge in [0.15, 0.2) is 0 Å². The van der Waals surface area contributed by atoms with Gasteiger partial charge in [0.2, 0.25) is 5.91 Å². The van der Waals surface area contributed by atoms with E-state index in [1.807, 2.05) is 21.9 Å². The van der Waals surface area contributed by atoms with Crippen LogP contribution in [0.25, 0.3) is 0 Å². The zero-order valence-electron chi connectivity index (χ0n) is 15.5. The van der Waals surface area contributed by atoms with Crippen molar-refractivity contribution >= 4 is 11.9 Å². The van der Waals surface area contributed by atoms with Gasteiger partial charge in [-0.05, 0) is 37.8 Å². The summed E-state index contributed by atoms with van der Waals surface area (Å²) in [7, 11) is 3.53. The van der Waals surface area contributed by atoms with E-state index in [2.05, 4.69) is 6.92 Å². The molecule has 0 aliphatic carbocycles. The summed E-state index contributed by atoms with van der Waals surface area (Å²) in [5.41, 5.74) is 0. The molecule has 0 N–H and O–H groups in total. The van der Waals surface area contributed by atoms with Crippen LogP contribution in [0.15, 0.2) is 16.5 Å².